The third-order valence-electron chi connectivity index (χ3n) is 5.88. The van der Waals surface area contributed by atoms with E-state index in [4.69, 9.17) is 11.6 Å². The number of likely N-dealkylation sites (N-methyl/N-ethyl adjacent to an activating group) is 1. The van der Waals surface area contributed by atoms with Crippen LogP contribution < -0.4 is 0 Å². The van der Waals surface area contributed by atoms with Gasteiger partial charge in [-0.05, 0) is 37.6 Å². The molecule has 1 saturated heterocycles. The molecule has 2 unspecified atom stereocenters. The van der Waals surface area contributed by atoms with Gasteiger partial charge in [-0.25, -0.2) is 0 Å². The molecule has 1 heterocycles. The van der Waals surface area contributed by atoms with Crippen molar-refractivity contribution in [3.8, 4) is 0 Å². The molecule has 146 valence electrons. The first-order valence-corrected chi connectivity index (χ1v) is 9.58. The minimum atomic E-state index is -4.52. The van der Waals surface area contributed by atoms with Crippen LogP contribution in [0.25, 0.3) is 0 Å². The first kappa shape index (κ1) is 19.9. The monoisotopic (exact) mass is 390 g/mol. The van der Waals surface area contributed by atoms with Crippen molar-refractivity contribution in [1.82, 2.24) is 9.80 Å². The van der Waals surface area contributed by atoms with Gasteiger partial charge in [0.25, 0.3) is 0 Å². The van der Waals surface area contributed by atoms with Gasteiger partial charge in [0, 0.05) is 38.6 Å². The highest BCUT2D eigenvalue weighted by atomic mass is 35.5. The van der Waals surface area contributed by atoms with E-state index in [2.05, 4.69) is 16.8 Å². The van der Waals surface area contributed by atoms with E-state index in [9.17, 15) is 18.3 Å². The summed E-state index contributed by atoms with van der Waals surface area (Å²) >= 11 is 5.76. The molecular weight excluding hydrogens is 365 g/mol. The maximum atomic E-state index is 13.2. The van der Waals surface area contributed by atoms with E-state index in [0.29, 0.717) is 18.5 Å². The van der Waals surface area contributed by atoms with Crippen molar-refractivity contribution >= 4 is 11.6 Å². The number of rotatable bonds is 3. The highest BCUT2D eigenvalue weighted by Crippen LogP contribution is 2.45. The molecule has 3 nitrogen and oxygen atoms in total. The Bertz CT molecular complexity index is 632. The lowest BCUT2D eigenvalue weighted by Crippen LogP contribution is -2.50. The summed E-state index contributed by atoms with van der Waals surface area (Å²) in [4.78, 5) is 4.58. The lowest BCUT2D eigenvalue weighted by atomic mass is 9.71. The first-order valence-electron chi connectivity index (χ1n) is 9.20. The fourth-order valence-corrected chi connectivity index (χ4v) is 4.43. The molecule has 2 atom stereocenters. The number of aliphatic hydroxyl groups is 1. The summed E-state index contributed by atoms with van der Waals surface area (Å²) in [6, 6.07) is 3.86. The van der Waals surface area contributed by atoms with Crippen LogP contribution in [0.5, 0.6) is 0 Å². The Morgan fingerprint density at radius 3 is 2.54 bits per heavy atom. The molecule has 0 bridgehead atoms. The maximum absolute atomic E-state index is 13.2. The molecule has 1 aliphatic heterocycles. The van der Waals surface area contributed by atoms with Crippen LogP contribution >= 0.6 is 11.6 Å². The van der Waals surface area contributed by atoms with Crippen LogP contribution in [0.4, 0.5) is 13.2 Å². The average Bonchev–Trinajstić information content (AvgIpc) is 2.58. The van der Waals surface area contributed by atoms with Crippen LogP contribution in [0.2, 0.25) is 5.02 Å². The van der Waals surface area contributed by atoms with Crippen LogP contribution in [-0.4, -0.2) is 54.7 Å². The third kappa shape index (κ3) is 4.19. The molecule has 0 aromatic heterocycles. The van der Waals surface area contributed by atoms with Gasteiger partial charge in [0.05, 0.1) is 16.2 Å². The topological polar surface area (TPSA) is 26.7 Å². The van der Waals surface area contributed by atoms with Crippen molar-refractivity contribution in [2.75, 3.05) is 39.8 Å². The summed E-state index contributed by atoms with van der Waals surface area (Å²) in [5.74, 6) is -0.0677. The lowest BCUT2D eigenvalue weighted by molar-refractivity contribution is -0.137. The molecule has 26 heavy (non-hydrogen) atoms. The maximum Gasteiger partial charge on any atom is 0.417 e. The molecule has 2 fully saturated rings. The van der Waals surface area contributed by atoms with E-state index in [-0.39, 0.29) is 10.9 Å². The van der Waals surface area contributed by atoms with E-state index in [1.807, 2.05) is 0 Å². The van der Waals surface area contributed by atoms with E-state index >= 15 is 0 Å². The highest BCUT2D eigenvalue weighted by molar-refractivity contribution is 6.31. The molecule has 1 aliphatic carbocycles. The summed E-state index contributed by atoms with van der Waals surface area (Å²) in [5.41, 5.74) is -1.76. The number of hydrogen-bond acceptors (Lipinski definition) is 3. The number of benzene rings is 1. The van der Waals surface area contributed by atoms with E-state index in [1.165, 1.54) is 6.07 Å². The fourth-order valence-electron chi connectivity index (χ4n) is 4.20. The molecule has 0 amide bonds. The van der Waals surface area contributed by atoms with Crippen molar-refractivity contribution in [1.29, 1.82) is 0 Å². The number of halogens is 4. The Labute approximate surface area is 157 Å². The molecule has 2 aliphatic rings. The van der Waals surface area contributed by atoms with Gasteiger partial charge in [-0.1, -0.05) is 30.5 Å². The SMILES string of the molecule is CN1CCN(CC2CCCCC2(O)c2ccc(Cl)c(C(F)(F)F)c2)CC1. The molecule has 0 radical (unpaired) electrons. The second kappa shape index (κ2) is 7.66. The number of nitrogens with zero attached hydrogens (tertiary/aromatic N) is 2. The van der Waals surface area contributed by atoms with Gasteiger partial charge in [0.2, 0.25) is 0 Å². The summed E-state index contributed by atoms with van der Waals surface area (Å²) in [5, 5.41) is 11.1. The van der Waals surface area contributed by atoms with Crippen molar-refractivity contribution in [3.05, 3.63) is 34.3 Å². The van der Waals surface area contributed by atoms with E-state index in [1.54, 1.807) is 6.07 Å². The summed E-state index contributed by atoms with van der Waals surface area (Å²) in [6.45, 7) is 4.53. The predicted molar refractivity (Wildman–Crippen MR) is 96.2 cm³/mol. The van der Waals surface area contributed by atoms with Crippen molar-refractivity contribution in [2.45, 2.75) is 37.5 Å². The zero-order valence-corrected chi connectivity index (χ0v) is 15.8. The summed E-state index contributed by atoms with van der Waals surface area (Å²) < 4.78 is 39.7. The van der Waals surface area contributed by atoms with E-state index in [0.717, 1.165) is 51.5 Å². The van der Waals surface area contributed by atoms with Crippen LogP contribution in [0.3, 0.4) is 0 Å². The smallest absolute Gasteiger partial charge is 0.385 e. The highest BCUT2D eigenvalue weighted by Gasteiger charge is 2.43. The van der Waals surface area contributed by atoms with Gasteiger partial charge in [-0.15, -0.1) is 0 Å². The quantitative estimate of drug-likeness (QED) is 0.845. The zero-order valence-electron chi connectivity index (χ0n) is 15.0. The van der Waals surface area contributed by atoms with Gasteiger partial charge in [0.1, 0.15) is 0 Å². The predicted octanol–water partition coefficient (Wildman–Crippen LogP) is 3.98. The van der Waals surface area contributed by atoms with E-state index < -0.39 is 17.3 Å². The fraction of sp³-hybridized carbons (Fsp3) is 0.684. The van der Waals surface area contributed by atoms with Gasteiger partial charge in [0.15, 0.2) is 0 Å². The van der Waals surface area contributed by atoms with Gasteiger partial charge >= 0.3 is 6.18 Å². The third-order valence-corrected chi connectivity index (χ3v) is 6.21. The molecule has 1 aromatic carbocycles. The number of hydrogen-bond donors (Lipinski definition) is 1. The molecule has 7 heteroatoms. The Morgan fingerprint density at radius 1 is 1.19 bits per heavy atom. The zero-order chi connectivity index (χ0) is 18.9. The summed E-state index contributed by atoms with van der Waals surface area (Å²) in [7, 11) is 2.08. The Balaban J connectivity index is 1.85. The van der Waals surface area contributed by atoms with Crippen molar-refractivity contribution in [2.24, 2.45) is 5.92 Å². The van der Waals surface area contributed by atoms with Crippen LogP contribution in [0.15, 0.2) is 18.2 Å². The van der Waals surface area contributed by atoms with Crippen molar-refractivity contribution < 1.29 is 18.3 Å². The van der Waals surface area contributed by atoms with Crippen molar-refractivity contribution in [3.63, 3.8) is 0 Å². The van der Waals surface area contributed by atoms with Crippen LogP contribution in [0.1, 0.15) is 36.8 Å². The second-order valence-electron chi connectivity index (χ2n) is 7.66. The molecule has 1 saturated carbocycles. The molecule has 0 spiro atoms. The van der Waals surface area contributed by atoms with Gasteiger partial charge in [-0.3, -0.25) is 0 Å². The Morgan fingerprint density at radius 2 is 1.88 bits per heavy atom. The van der Waals surface area contributed by atoms with Gasteiger partial charge in [-0.2, -0.15) is 13.2 Å². The lowest BCUT2D eigenvalue weighted by Gasteiger charge is -2.44. The Hall–Kier alpha value is -0.820. The molecule has 1 N–H and O–H groups in total. The van der Waals surface area contributed by atoms with Gasteiger partial charge < -0.3 is 14.9 Å². The average molecular weight is 391 g/mol. The van der Waals surface area contributed by atoms with Crippen LogP contribution in [0, 0.1) is 5.92 Å². The number of piperazine rings is 1. The minimum absolute atomic E-state index is 0.0677. The standard InChI is InChI=1S/C19H26ClF3N2O/c1-24-8-10-25(11-9-24)13-15-4-2-3-7-18(15,26)14-5-6-17(20)16(12-14)19(21,22)23/h5-6,12,15,26H,2-4,7-11,13H2,1H3. The molecule has 1 aromatic rings. The molecule has 3 rings (SSSR count). The number of alkyl halides is 3. The normalized spacial score (nSPS) is 29.1. The summed E-state index contributed by atoms with van der Waals surface area (Å²) in [6.07, 6.45) is -1.39. The first-order chi connectivity index (χ1) is 12.2. The largest absolute Gasteiger partial charge is 0.417 e. The molecular formula is C19H26ClF3N2O. The second-order valence-corrected chi connectivity index (χ2v) is 8.07. The minimum Gasteiger partial charge on any atom is -0.385 e. The van der Waals surface area contributed by atoms with Crippen LogP contribution in [-0.2, 0) is 11.8 Å². The Kier molecular flexibility index (Phi) is 5.87.